The van der Waals surface area contributed by atoms with Crippen LogP contribution in [0.15, 0.2) is 0 Å². The molecule has 0 aliphatic carbocycles. The molecule has 4 heteroatoms. The highest BCUT2D eigenvalue weighted by Gasteiger charge is 2.24. The minimum absolute atomic E-state index is 0.341. The number of nitrogens with one attached hydrogen (secondary N) is 1. The normalized spacial score (nSPS) is 34.1. The van der Waals surface area contributed by atoms with Gasteiger partial charge >= 0.3 is 0 Å². The lowest BCUT2D eigenvalue weighted by Crippen LogP contribution is -2.49. The molecular formula is C12H24N2O2. The van der Waals surface area contributed by atoms with Crippen molar-refractivity contribution in [1.29, 1.82) is 0 Å². The fourth-order valence-electron chi connectivity index (χ4n) is 2.62. The number of likely N-dealkylation sites (tertiary alicyclic amines) is 1. The van der Waals surface area contributed by atoms with Gasteiger partial charge in [0.05, 0.1) is 12.2 Å². The van der Waals surface area contributed by atoms with Gasteiger partial charge in [0.1, 0.15) is 0 Å². The van der Waals surface area contributed by atoms with E-state index in [1.807, 2.05) is 0 Å². The number of ether oxygens (including phenoxy) is 1. The van der Waals surface area contributed by atoms with E-state index < -0.39 is 0 Å². The maximum atomic E-state index is 9.08. The first-order valence-corrected chi connectivity index (χ1v) is 6.47. The highest BCUT2D eigenvalue weighted by Crippen LogP contribution is 2.17. The zero-order valence-electron chi connectivity index (χ0n) is 10.2. The van der Waals surface area contributed by atoms with Gasteiger partial charge in [-0.3, -0.25) is 0 Å². The Morgan fingerprint density at radius 1 is 1.31 bits per heavy atom. The van der Waals surface area contributed by atoms with Crippen LogP contribution in [0, 0.1) is 5.92 Å². The van der Waals surface area contributed by atoms with Crippen molar-refractivity contribution in [3.63, 3.8) is 0 Å². The largest absolute Gasteiger partial charge is 0.396 e. The summed E-state index contributed by atoms with van der Waals surface area (Å²) in [5, 5.41) is 12.5. The molecule has 0 spiro atoms. The van der Waals surface area contributed by atoms with Crippen LogP contribution in [0.5, 0.6) is 0 Å². The van der Waals surface area contributed by atoms with Crippen molar-refractivity contribution >= 4 is 0 Å². The van der Waals surface area contributed by atoms with Crippen LogP contribution in [0.25, 0.3) is 0 Å². The molecule has 16 heavy (non-hydrogen) atoms. The average molecular weight is 228 g/mol. The van der Waals surface area contributed by atoms with Gasteiger partial charge in [-0.15, -0.1) is 0 Å². The summed E-state index contributed by atoms with van der Waals surface area (Å²) in [5.74, 6) is 0.528. The lowest BCUT2D eigenvalue weighted by atomic mass is 9.97. The number of morpholine rings is 1. The van der Waals surface area contributed by atoms with Crippen LogP contribution in [0.2, 0.25) is 0 Å². The second-order valence-corrected chi connectivity index (χ2v) is 5.15. The molecule has 2 atom stereocenters. The predicted octanol–water partition coefficient (Wildman–Crippen LogP) is 0.0676. The molecule has 94 valence electrons. The number of aliphatic hydroxyl groups is 1. The van der Waals surface area contributed by atoms with E-state index in [9.17, 15) is 0 Å². The van der Waals surface area contributed by atoms with Crippen LogP contribution in [-0.2, 0) is 4.74 Å². The van der Waals surface area contributed by atoms with E-state index in [-0.39, 0.29) is 0 Å². The SMILES string of the molecule is C[C@@H]1CNC[C@@H](CN2CCC(CO)CC2)O1. The third-order valence-corrected chi connectivity index (χ3v) is 3.66. The molecule has 2 fully saturated rings. The number of nitrogens with zero attached hydrogens (tertiary/aromatic N) is 1. The molecule has 4 nitrogen and oxygen atoms in total. The Bertz CT molecular complexity index is 205. The van der Waals surface area contributed by atoms with Gasteiger partial charge in [0, 0.05) is 26.2 Å². The average Bonchev–Trinajstić information content (AvgIpc) is 2.30. The summed E-state index contributed by atoms with van der Waals surface area (Å²) in [6.45, 7) is 7.69. The van der Waals surface area contributed by atoms with Crippen molar-refractivity contribution in [2.45, 2.75) is 32.0 Å². The Labute approximate surface area is 98.0 Å². The first-order valence-electron chi connectivity index (χ1n) is 6.47. The van der Waals surface area contributed by atoms with Crippen molar-refractivity contribution < 1.29 is 9.84 Å². The Morgan fingerprint density at radius 3 is 2.69 bits per heavy atom. The summed E-state index contributed by atoms with van der Waals surface area (Å²) in [7, 11) is 0. The minimum atomic E-state index is 0.341. The first-order chi connectivity index (χ1) is 7.78. The van der Waals surface area contributed by atoms with E-state index in [1.54, 1.807) is 0 Å². The van der Waals surface area contributed by atoms with Gasteiger partial charge in [0.15, 0.2) is 0 Å². The molecule has 2 aliphatic rings. The summed E-state index contributed by atoms with van der Waals surface area (Å²) < 4.78 is 5.89. The molecule has 0 aromatic rings. The van der Waals surface area contributed by atoms with E-state index in [4.69, 9.17) is 9.84 Å². The standard InChI is InChI=1S/C12H24N2O2/c1-10-6-13-7-12(16-10)8-14-4-2-11(9-15)3-5-14/h10-13,15H,2-9H2,1H3/t10-,12+/m1/s1. The highest BCUT2D eigenvalue weighted by molar-refractivity contribution is 4.78. The lowest BCUT2D eigenvalue weighted by Gasteiger charge is -2.36. The molecule has 2 aliphatic heterocycles. The first kappa shape index (κ1) is 12.3. The fraction of sp³-hybridized carbons (Fsp3) is 1.00. The van der Waals surface area contributed by atoms with Gasteiger partial charge in [-0.1, -0.05) is 0 Å². The number of hydrogen-bond donors (Lipinski definition) is 2. The zero-order valence-corrected chi connectivity index (χ0v) is 10.2. The summed E-state index contributed by atoms with van der Waals surface area (Å²) >= 11 is 0. The number of rotatable bonds is 3. The molecule has 2 rings (SSSR count). The molecule has 0 unspecified atom stereocenters. The molecule has 0 aromatic carbocycles. The Balaban J connectivity index is 1.69. The van der Waals surface area contributed by atoms with Gasteiger partial charge in [-0.05, 0) is 38.8 Å². The molecule has 0 aromatic heterocycles. The van der Waals surface area contributed by atoms with E-state index >= 15 is 0 Å². The summed E-state index contributed by atoms with van der Waals surface area (Å²) in [4.78, 5) is 2.47. The molecule has 2 saturated heterocycles. The molecule has 2 N–H and O–H groups in total. The van der Waals surface area contributed by atoms with Crippen molar-refractivity contribution in [3.05, 3.63) is 0 Å². The van der Waals surface area contributed by atoms with Gasteiger partial charge < -0.3 is 20.1 Å². The number of piperidine rings is 1. The van der Waals surface area contributed by atoms with Crippen LogP contribution in [-0.4, -0.2) is 61.5 Å². The van der Waals surface area contributed by atoms with Crippen LogP contribution < -0.4 is 5.32 Å². The van der Waals surface area contributed by atoms with Crippen LogP contribution >= 0.6 is 0 Å². The van der Waals surface area contributed by atoms with E-state index in [2.05, 4.69) is 17.1 Å². The molecule has 2 heterocycles. The van der Waals surface area contributed by atoms with E-state index in [1.165, 1.54) is 0 Å². The molecule has 0 saturated carbocycles. The highest BCUT2D eigenvalue weighted by atomic mass is 16.5. The van der Waals surface area contributed by atoms with Crippen LogP contribution in [0.4, 0.5) is 0 Å². The van der Waals surface area contributed by atoms with Crippen molar-refractivity contribution in [3.8, 4) is 0 Å². The second kappa shape index (κ2) is 5.96. The Kier molecular flexibility index (Phi) is 4.58. The molecule has 0 amide bonds. The topological polar surface area (TPSA) is 44.7 Å². The van der Waals surface area contributed by atoms with Crippen molar-refractivity contribution in [2.24, 2.45) is 5.92 Å². The second-order valence-electron chi connectivity index (χ2n) is 5.15. The summed E-state index contributed by atoms with van der Waals surface area (Å²) in [6, 6.07) is 0. The quantitative estimate of drug-likeness (QED) is 0.717. The van der Waals surface area contributed by atoms with Gasteiger partial charge in [-0.2, -0.15) is 0 Å². The van der Waals surface area contributed by atoms with Gasteiger partial charge in [0.25, 0.3) is 0 Å². The summed E-state index contributed by atoms with van der Waals surface area (Å²) in [6.07, 6.45) is 2.95. The monoisotopic (exact) mass is 228 g/mol. The smallest absolute Gasteiger partial charge is 0.0830 e. The van der Waals surface area contributed by atoms with Gasteiger partial charge in [-0.25, -0.2) is 0 Å². The maximum absolute atomic E-state index is 9.08. The Morgan fingerprint density at radius 2 is 2.06 bits per heavy atom. The Hall–Kier alpha value is -0.160. The third kappa shape index (κ3) is 3.42. The minimum Gasteiger partial charge on any atom is -0.396 e. The predicted molar refractivity (Wildman–Crippen MR) is 63.5 cm³/mol. The van der Waals surface area contributed by atoms with E-state index in [0.29, 0.717) is 24.7 Å². The molecule has 0 bridgehead atoms. The van der Waals surface area contributed by atoms with Crippen LogP contribution in [0.1, 0.15) is 19.8 Å². The fourth-order valence-corrected chi connectivity index (χ4v) is 2.62. The molecule has 0 radical (unpaired) electrons. The van der Waals surface area contributed by atoms with Gasteiger partial charge in [0.2, 0.25) is 0 Å². The zero-order chi connectivity index (χ0) is 11.4. The van der Waals surface area contributed by atoms with Crippen molar-refractivity contribution in [1.82, 2.24) is 10.2 Å². The van der Waals surface area contributed by atoms with Crippen LogP contribution in [0.3, 0.4) is 0 Å². The molecular weight excluding hydrogens is 204 g/mol. The maximum Gasteiger partial charge on any atom is 0.0830 e. The summed E-state index contributed by atoms with van der Waals surface area (Å²) in [5.41, 5.74) is 0. The lowest BCUT2D eigenvalue weighted by molar-refractivity contribution is -0.0466. The van der Waals surface area contributed by atoms with Crippen molar-refractivity contribution in [2.75, 3.05) is 39.3 Å². The van der Waals surface area contributed by atoms with E-state index in [0.717, 1.165) is 45.6 Å². The third-order valence-electron chi connectivity index (χ3n) is 3.66. The number of hydrogen-bond acceptors (Lipinski definition) is 4. The number of aliphatic hydroxyl groups excluding tert-OH is 1.